The standard InChI is InChI=1S/ClH.3H3N.H2O3S/c;;;;1-4(2)3/h1H;3*1H3;(H2,1,2,3). The van der Waals surface area contributed by atoms with E-state index in [4.69, 9.17) is 13.3 Å². The number of hydrogen-bond acceptors (Lipinski definition) is 3. The summed E-state index contributed by atoms with van der Waals surface area (Å²) in [4.78, 5) is 0. The van der Waals surface area contributed by atoms with Gasteiger partial charge in [0.25, 0.3) is 0 Å². The van der Waals surface area contributed by atoms with Crippen molar-refractivity contribution in [2.45, 2.75) is 0 Å². The van der Waals surface area contributed by atoms with Crippen molar-refractivity contribution >= 4 is 11.4 Å². The van der Waals surface area contributed by atoms with Crippen LogP contribution in [0.5, 0.6) is 0 Å². The fourth-order valence-electron chi connectivity index (χ4n) is 0. The SMILES string of the molecule is O=S([O-])[O-].[Cl-].[NH4+].[NH4+].[NH4+]. The number of halogens is 1. The van der Waals surface area contributed by atoms with E-state index in [1.54, 1.807) is 0 Å². The normalized spacial score (nSPS) is 4.38. The van der Waals surface area contributed by atoms with E-state index in [1.807, 2.05) is 0 Å². The molecule has 8 heavy (non-hydrogen) atoms. The summed E-state index contributed by atoms with van der Waals surface area (Å²) in [5.41, 5.74) is 0. The van der Waals surface area contributed by atoms with Gasteiger partial charge in [-0.05, 0) is 0 Å². The van der Waals surface area contributed by atoms with E-state index in [2.05, 4.69) is 0 Å². The van der Waals surface area contributed by atoms with Gasteiger partial charge in [0.2, 0.25) is 0 Å². The van der Waals surface area contributed by atoms with Gasteiger partial charge in [-0.2, -0.15) is 0 Å². The number of quaternary nitrogens is 3. The van der Waals surface area contributed by atoms with Crippen molar-refractivity contribution in [1.29, 1.82) is 0 Å². The van der Waals surface area contributed by atoms with Crippen LogP contribution in [0.4, 0.5) is 0 Å². The Bertz CT molecular complexity index is 37.5. The van der Waals surface area contributed by atoms with Crippen LogP contribution in [0.25, 0.3) is 0 Å². The minimum absolute atomic E-state index is 0. The first-order valence-corrected chi connectivity index (χ1v) is 1.50. The van der Waals surface area contributed by atoms with Gasteiger partial charge in [-0.1, -0.05) is 0 Å². The summed E-state index contributed by atoms with van der Waals surface area (Å²) in [5.74, 6) is 0. The van der Waals surface area contributed by atoms with Crippen LogP contribution in [0.15, 0.2) is 0 Å². The van der Waals surface area contributed by atoms with Crippen molar-refractivity contribution in [2.24, 2.45) is 0 Å². The third-order valence-electron chi connectivity index (χ3n) is 0. The summed E-state index contributed by atoms with van der Waals surface area (Å²) < 4.78 is 25.3. The van der Waals surface area contributed by atoms with Crippen molar-refractivity contribution in [3.63, 3.8) is 0 Å². The van der Waals surface area contributed by atoms with Crippen molar-refractivity contribution in [1.82, 2.24) is 18.5 Å². The Kier molecular flexibility index (Phi) is 138. The lowest BCUT2D eigenvalue weighted by Crippen LogP contribution is -3.00. The first kappa shape index (κ1) is 41.1. The Morgan fingerprint density at radius 1 is 1.00 bits per heavy atom. The topological polar surface area (TPSA) is 173 Å². The summed E-state index contributed by atoms with van der Waals surface area (Å²) >= 11 is -3.11. The molecule has 8 heteroatoms. The van der Waals surface area contributed by atoms with Gasteiger partial charge >= 0.3 is 0 Å². The molecule has 0 bridgehead atoms. The van der Waals surface area contributed by atoms with Crippen LogP contribution in [0.3, 0.4) is 0 Å². The number of hydrogen-bond donors (Lipinski definition) is 3. The van der Waals surface area contributed by atoms with Gasteiger partial charge in [0.05, 0.1) is 0 Å². The van der Waals surface area contributed by atoms with Crippen LogP contribution in [0.1, 0.15) is 0 Å². The third-order valence-corrected chi connectivity index (χ3v) is 0. The maximum absolute atomic E-state index is 8.44. The molecule has 0 aromatic rings. The molecule has 0 fully saturated rings. The Morgan fingerprint density at radius 2 is 1.00 bits per heavy atom. The molecule has 0 heterocycles. The Balaban J connectivity index is -0.00000000750. The highest BCUT2D eigenvalue weighted by Gasteiger charge is 1.20. The van der Waals surface area contributed by atoms with Crippen LogP contribution in [0.2, 0.25) is 0 Å². The summed E-state index contributed by atoms with van der Waals surface area (Å²) in [6.07, 6.45) is 0. The molecule has 6 nitrogen and oxygen atoms in total. The molecule has 58 valence electrons. The van der Waals surface area contributed by atoms with Crippen molar-refractivity contribution in [3.05, 3.63) is 0 Å². The molecular formula is H12ClN3O3S. The number of rotatable bonds is 0. The Labute approximate surface area is 56.3 Å². The summed E-state index contributed by atoms with van der Waals surface area (Å²) in [6.45, 7) is 0. The van der Waals surface area contributed by atoms with Gasteiger partial charge in [0.15, 0.2) is 0 Å². The zero-order chi connectivity index (χ0) is 3.58. The molecule has 0 rings (SSSR count). The average Bonchev–Trinajstić information content (AvgIpc) is 0.811. The summed E-state index contributed by atoms with van der Waals surface area (Å²) in [6, 6.07) is 0. The first-order chi connectivity index (χ1) is 1.73. The monoisotopic (exact) mass is 169 g/mol. The molecule has 0 aliphatic carbocycles. The molecule has 0 saturated heterocycles. The second-order valence-electron chi connectivity index (χ2n) is 0.204. The molecule has 0 aliphatic heterocycles. The first-order valence-electron chi connectivity index (χ1n) is 0.500. The zero-order valence-corrected chi connectivity index (χ0v) is 6.58. The molecule has 0 aliphatic rings. The van der Waals surface area contributed by atoms with Crippen LogP contribution in [0, 0.1) is 0 Å². The van der Waals surface area contributed by atoms with E-state index >= 15 is 0 Å². The van der Waals surface area contributed by atoms with E-state index < -0.39 is 11.4 Å². The highest BCUT2D eigenvalue weighted by Crippen LogP contribution is 1.42. The molecular weight excluding hydrogens is 158 g/mol. The van der Waals surface area contributed by atoms with Gasteiger partial charge in [0, 0.05) is 0 Å². The smallest absolute Gasteiger partial charge is 0.142 e. The second-order valence-corrected chi connectivity index (χ2v) is 0.612. The lowest BCUT2D eigenvalue weighted by molar-refractivity contribution is -0.00000671. The molecule has 0 aromatic heterocycles. The van der Waals surface area contributed by atoms with E-state index in [0.29, 0.717) is 0 Å². The Morgan fingerprint density at radius 3 is 1.00 bits per heavy atom. The predicted molar refractivity (Wildman–Crippen MR) is 27.7 cm³/mol. The van der Waals surface area contributed by atoms with Crippen LogP contribution in [-0.2, 0) is 11.4 Å². The van der Waals surface area contributed by atoms with E-state index in [1.165, 1.54) is 0 Å². The molecule has 0 radical (unpaired) electrons. The molecule has 0 amide bonds. The molecule has 0 aromatic carbocycles. The highest BCUT2D eigenvalue weighted by atomic mass is 35.5. The lowest BCUT2D eigenvalue weighted by atomic mass is 14.0. The third kappa shape index (κ3) is 2970. The molecule has 12 N–H and O–H groups in total. The van der Waals surface area contributed by atoms with E-state index in [0.717, 1.165) is 0 Å². The van der Waals surface area contributed by atoms with Gasteiger partial charge < -0.3 is 40.0 Å². The molecule has 0 saturated carbocycles. The largest absolute Gasteiger partial charge is 1.00 e. The Hall–Kier alpha value is 0.240. The van der Waals surface area contributed by atoms with E-state index in [9.17, 15) is 0 Å². The van der Waals surface area contributed by atoms with Crippen LogP contribution < -0.4 is 30.9 Å². The van der Waals surface area contributed by atoms with Crippen molar-refractivity contribution in [3.8, 4) is 0 Å². The van der Waals surface area contributed by atoms with Gasteiger partial charge in [0.1, 0.15) is 0 Å². The fraction of sp³-hybridized carbons (Fsp3) is 0. The van der Waals surface area contributed by atoms with Crippen LogP contribution in [-0.4, -0.2) is 13.3 Å². The van der Waals surface area contributed by atoms with Gasteiger partial charge in [-0.3, -0.25) is 4.21 Å². The zero-order valence-electron chi connectivity index (χ0n) is 5.01. The van der Waals surface area contributed by atoms with Crippen molar-refractivity contribution < 1.29 is 25.7 Å². The van der Waals surface area contributed by atoms with Crippen molar-refractivity contribution in [2.75, 3.05) is 0 Å². The molecule has 0 unspecified atom stereocenters. The summed E-state index contributed by atoms with van der Waals surface area (Å²) in [5, 5.41) is 0. The predicted octanol–water partition coefficient (Wildman–Crippen LogP) is -2.87. The fourth-order valence-corrected chi connectivity index (χ4v) is 0. The quantitative estimate of drug-likeness (QED) is 0.331. The van der Waals surface area contributed by atoms with E-state index in [-0.39, 0.29) is 30.9 Å². The minimum atomic E-state index is -3.11. The maximum atomic E-state index is 8.44. The maximum Gasteiger partial charge on any atom is -0.142 e. The molecule has 0 spiro atoms. The lowest BCUT2D eigenvalue weighted by Gasteiger charge is -2.03. The molecule has 0 atom stereocenters. The van der Waals surface area contributed by atoms with Gasteiger partial charge in [-0.25, -0.2) is 0 Å². The second kappa shape index (κ2) is 26.9. The van der Waals surface area contributed by atoms with Crippen LogP contribution >= 0.6 is 0 Å². The van der Waals surface area contributed by atoms with Gasteiger partial charge in [-0.15, -0.1) is 11.4 Å². The summed E-state index contributed by atoms with van der Waals surface area (Å²) in [7, 11) is 0. The highest BCUT2D eigenvalue weighted by molar-refractivity contribution is 7.72. The average molecular weight is 170 g/mol. The minimum Gasteiger partial charge on any atom is -1.00 e.